The van der Waals surface area contributed by atoms with Gasteiger partial charge < -0.3 is 10.1 Å². The van der Waals surface area contributed by atoms with E-state index in [1.807, 2.05) is 6.92 Å². The van der Waals surface area contributed by atoms with Gasteiger partial charge in [-0.3, -0.25) is 0 Å². The Hall–Kier alpha value is -2.01. The summed E-state index contributed by atoms with van der Waals surface area (Å²) in [5, 5.41) is 2.95. The van der Waals surface area contributed by atoms with Crippen LogP contribution >= 0.6 is 0 Å². The highest BCUT2D eigenvalue weighted by atomic mass is 19.2. The second-order valence-electron chi connectivity index (χ2n) is 4.32. The summed E-state index contributed by atoms with van der Waals surface area (Å²) < 4.78 is 45.9. The summed E-state index contributed by atoms with van der Waals surface area (Å²) in [6, 6.07) is 7.73. The zero-order chi connectivity index (χ0) is 14.7. The van der Waals surface area contributed by atoms with E-state index in [4.69, 9.17) is 4.74 Å². The fourth-order valence-corrected chi connectivity index (χ4v) is 1.80. The molecule has 0 saturated carbocycles. The fraction of sp³-hybridized carbons (Fsp3) is 0.200. The predicted octanol–water partition coefficient (Wildman–Crippen LogP) is 4.18. The van der Waals surface area contributed by atoms with Crippen molar-refractivity contribution >= 4 is 0 Å². The van der Waals surface area contributed by atoms with Gasteiger partial charge in [0.05, 0.1) is 0 Å². The third-order valence-electron chi connectivity index (χ3n) is 3.03. The third-order valence-corrected chi connectivity index (χ3v) is 3.03. The molecule has 0 aliphatic heterocycles. The van der Waals surface area contributed by atoms with Crippen LogP contribution in [0.3, 0.4) is 0 Å². The van der Waals surface area contributed by atoms with Gasteiger partial charge in [0.25, 0.3) is 0 Å². The Kier molecular flexibility index (Phi) is 4.29. The average Bonchev–Trinajstić information content (AvgIpc) is 2.45. The number of halogens is 3. The van der Waals surface area contributed by atoms with Gasteiger partial charge in [-0.2, -0.15) is 4.39 Å². The molecule has 1 N–H and O–H groups in total. The van der Waals surface area contributed by atoms with Crippen LogP contribution in [0.1, 0.15) is 18.5 Å². The molecule has 2 aromatic rings. The molecule has 0 radical (unpaired) electrons. The van der Waals surface area contributed by atoms with Gasteiger partial charge in [-0.15, -0.1) is 0 Å². The number of benzene rings is 2. The minimum Gasteiger partial charge on any atom is -0.451 e. The summed E-state index contributed by atoms with van der Waals surface area (Å²) in [7, 11) is 1.71. The van der Waals surface area contributed by atoms with Crippen LogP contribution in [-0.4, -0.2) is 7.05 Å². The molecule has 2 nitrogen and oxygen atoms in total. The topological polar surface area (TPSA) is 21.3 Å². The molecule has 0 aliphatic rings. The molecule has 5 heteroatoms. The second-order valence-corrected chi connectivity index (χ2v) is 4.32. The molecule has 0 aromatic heterocycles. The summed E-state index contributed by atoms with van der Waals surface area (Å²) >= 11 is 0. The lowest BCUT2D eigenvalue weighted by Crippen LogP contribution is -2.13. The van der Waals surface area contributed by atoms with Gasteiger partial charge in [-0.25, -0.2) is 8.78 Å². The Bertz CT molecular complexity index is 616. The molecule has 0 bridgehead atoms. The van der Waals surface area contributed by atoms with E-state index < -0.39 is 17.5 Å². The first-order chi connectivity index (χ1) is 9.54. The zero-order valence-electron chi connectivity index (χ0n) is 11.1. The molecule has 0 fully saturated rings. The van der Waals surface area contributed by atoms with Crippen molar-refractivity contribution in [2.75, 3.05) is 7.05 Å². The van der Waals surface area contributed by atoms with Crippen LogP contribution in [0.2, 0.25) is 0 Å². The van der Waals surface area contributed by atoms with E-state index in [-0.39, 0.29) is 17.5 Å². The Morgan fingerprint density at radius 2 is 1.65 bits per heavy atom. The van der Waals surface area contributed by atoms with E-state index in [1.165, 1.54) is 24.3 Å². The lowest BCUT2D eigenvalue weighted by Gasteiger charge is -2.17. The van der Waals surface area contributed by atoms with Gasteiger partial charge in [0, 0.05) is 11.6 Å². The monoisotopic (exact) mass is 281 g/mol. The summed E-state index contributed by atoms with van der Waals surface area (Å²) in [6.07, 6.45) is 0. The first kappa shape index (κ1) is 14.4. The standard InChI is InChI=1S/C15H14F3NO/c1-9(19-2)10-5-3-7-12(17)15(10)20-13-8-4-6-11(16)14(13)18/h3-9,19H,1-2H3. The molecule has 1 atom stereocenters. The van der Waals surface area contributed by atoms with E-state index >= 15 is 0 Å². The maximum atomic E-state index is 13.9. The number of ether oxygens (including phenoxy) is 1. The van der Waals surface area contributed by atoms with E-state index in [1.54, 1.807) is 13.1 Å². The van der Waals surface area contributed by atoms with Gasteiger partial charge in [0.1, 0.15) is 0 Å². The van der Waals surface area contributed by atoms with E-state index in [0.29, 0.717) is 5.56 Å². The zero-order valence-corrected chi connectivity index (χ0v) is 11.1. The quantitative estimate of drug-likeness (QED) is 0.908. The van der Waals surface area contributed by atoms with Crippen LogP contribution < -0.4 is 10.1 Å². The van der Waals surface area contributed by atoms with Gasteiger partial charge in [-0.1, -0.05) is 18.2 Å². The maximum Gasteiger partial charge on any atom is 0.201 e. The van der Waals surface area contributed by atoms with Crippen LogP contribution in [0.4, 0.5) is 13.2 Å². The number of rotatable bonds is 4. The Morgan fingerprint density at radius 1 is 1.00 bits per heavy atom. The summed E-state index contributed by atoms with van der Waals surface area (Å²) in [5.41, 5.74) is 0.524. The van der Waals surface area contributed by atoms with Crippen molar-refractivity contribution in [3.8, 4) is 11.5 Å². The highest BCUT2D eigenvalue weighted by Gasteiger charge is 2.18. The van der Waals surface area contributed by atoms with Crippen LogP contribution in [0.5, 0.6) is 11.5 Å². The molecule has 20 heavy (non-hydrogen) atoms. The van der Waals surface area contributed by atoms with Gasteiger partial charge in [-0.05, 0) is 32.2 Å². The highest BCUT2D eigenvalue weighted by Crippen LogP contribution is 2.33. The van der Waals surface area contributed by atoms with Crippen molar-refractivity contribution in [1.29, 1.82) is 0 Å². The van der Waals surface area contributed by atoms with Crippen LogP contribution in [-0.2, 0) is 0 Å². The number of nitrogens with one attached hydrogen (secondary N) is 1. The van der Waals surface area contributed by atoms with Crippen molar-refractivity contribution in [2.24, 2.45) is 0 Å². The minimum absolute atomic E-state index is 0.112. The average molecular weight is 281 g/mol. The van der Waals surface area contributed by atoms with Crippen LogP contribution in [0.15, 0.2) is 36.4 Å². The molecule has 2 rings (SSSR count). The Labute approximate surface area is 115 Å². The fourth-order valence-electron chi connectivity index (χ4n) is 1.80. The van der Waals surface area contributed by atoms with Crippen molar-refractivity contribution in [2.45, 2.75) is 13.0 Å². The number of hydrogen-bond acceptors (Lipinski definition) is 2. The first-order valence-corrected chi connectivity index (χ1v) is 6.12. The van der Waals surface area contributed by atoms with Crippen molar-refractivity contribution in [3.05, 3.63) is 59.4 Å². The van der Waals surface area contributed by atoms with E-state index in [0.717, 1.165) is 6.07 Å². The van der Waals surface area contributed by atoms with Crippen LogP contribution in [0, 0.1) is 17.5 Å². The van der Waals surface area contributed by atoms with Crippen LogP contribution in [0.25, 0.3) is 0 Å². The first-order valence-electron chi connectivity index (χ1n) is 6.12. The predicted molar refractivity (Wildman–Crippen MR) is 70.3 cm³/mol. The van der Waals surface area contributed by atoms with Crippen molar-refractivity contribution in [3.63, 3.8) is 0 Å². The normalized spacial score (nSPS) is 12.2. The SMILES string of the molecule is CNC(C)c1cccc(F)c1Oc1cccc(F)c1F. The van der Waals surface area contributed by atoms with E-state index in [9.17, 15) is 13.2 Å². The molecular weight excluding hydrogens is 267 g/mol. The maximum absolute atomic E-state index is 13.9. The summed E-state index contributed by atoms with van der Waals surface area (Å²) in [4.78, 5) is 0. The molecule has 0 spiro atoms. The smallest absolute Gasteiger partial charge is 0.201 e. The molecule has 0 aliphatic carbocycles. The highest BCUT2D eigenvalue weighted by molar-refractivity contribution is 5.41. The van der Waals surface area contributed by atoms with Crippen molar-refractivity contribution < 1.29 is 17.9 Å². The summed E-state index contributed by atoms with van der Waals surface area (Å²) in [6.45, 7) is 1.81. The Balaban J connectivity index is 2.45. The van der Waals surface area contributed by atoms with Crippen molar-refractivity contribution in [1.82, 2.24) is 5.32 Å². The van der Waals surface area contributed by atoms with E-state index in [2.05, 4.69) is 5.32 Å². The Morgan fingerprint density at radius 3 is 2.35 bits per heavy atom. The summed E-state index contributed by atoms with van der Waals surface area (Å²) in [5.74, 6) is -3.27. The number of hydrogen-bond donors (Lipinski definition) is 1. The molecule has 0 heterocycles. The molecule has 0 amide bonds. The van der Waals surface area contributed by atoms with Gasteiger partial charge in [0.15, 0.2) is 23.1 Å². The minimum atomic E-state index is -1.14. The van der Waals surface area contributed by atoms with Gasteiger partial charge >= 0.3 is 0 Å². The largest absolute Gasteiger partial charge is 0.451 e. The molecule has 106 valence electrons. The molecule has 1 unspecified atom stereocenters. The van der Waals surface area contributed by atoms with Gasteiger partial charge in [0.2, 0.25) is 5.82 Å². The molecule has 2 aromatic carbocycles. The lowest BCUT2D eigenvalue weighted by atomic mass is 10.1. The second kappa shape index (κ2) is 5.96. The third kappa shape index (κ3) is 2.77. The molecular formula is C15H14F3NO. The number of para-hydroxylation sites is 1. The lowest BCUT2D eigenvalue weighted by molar-refractivity contribution is 0.389. The molecule has 0 saturated heterocycles.